The zero-order valence-corrected chi connectivity index (χ0v) is 18.8. The second-order valence-electron chi connectivity index (χ2n) is 7.48. The van der Waals surface area contributed by atoms with Gasteiger partial charge in [0.15, 0.2) is 5.96 Å². The van der Waals surface area contributed by atoms with Crippen LogP contribution in [0.5, 0.6) is 0 Å². The van der Waals surface area contributed by atoms with Crippen LogP contribution in [0.1, 0.15) is 30.4 Å². The van der Waals surface area contributed by atoms with Crippen molar-refractivity contribution in [2.24, 2.45) is 4.99 Å². The van der Waals surface area contributed by atoms with Crippen LogP contribution in [0.3, 0.4) is 0 Å². The molecule has 1 unspecified atom stereocenters. The molecule has 1 aromatic carbocycles. The Labute approximate surface area is 178 Å². The van der Waals surface area contributed by atoms with Crippen LogP contribution in [0.25, 0.3) is 0 Å². The average Bonchev–Trinajstić information content (AvgIpc) is 3.16. The number of hydrogen-bond donors (Lipinski definition) is 2. The van der Waals surface area contributed by atoms with Crippen LogP contribution in [0.15, 0.2) is 23.2 Å². The van der Waals surface area contributed by atoms with Crippen molar-refractivity contribution in [1.82, 2.24) is 20.4 Å². The van der Waals surface area contributed by atoms with Crippen molar-refractivity contribution in [3.8, 4) is 0 Å². The largest absolute Gasteiger partial charge is 0.356 e. The van der Waals surface area contributed by atoms with Gasteiger partial charge in [0.2, 0.25) is 5.91 Å². The van der Waals surface area contributed by atoms with E-state index in [1.54, 1.807) is 29.8 Å². The maximum absolute atomic E-state index is 13.5. The van der Waals surface area contributed by atoms with Crippen LogP contribution in [0.2, 0.25) is 0 Å². The summed E-state index contributed by atoms with van der Waals surface area (Å²) in [7, 11) is 5.39. The first-order valence-electron chi connectivity index (χ1n) is 10.1. The number of carbonyl (C=O) groups is 1. The molecule has 0 saturated carbocycles. The van der Waals surface area contributed by atoms with Crippen molar-refractivity contribution in [1.29, 1.82) is 0 Å². The molecule has 0 spiro atoms. The van der Waals surface area contributed by atoms with Gasteiger partial charge in [-0.2, -0.15) is 11.8 Å². The fourth-order valence-corrected chi connectivity index (χ4v) is 4.20. The quantitative estimate of drug-likeness (QED) is 0.363. The highest BCUT2D eigenvalue weighted by molar-refractivity contribution is 7.97. The molecule has 2 N–H and O–H groups in total. The highest BCUT2D eigenvalue weighted by atomic mass is 32.2. The van der Waals surface area contributed by atoms with Gasteiger partial charge in [-0.3, -0.25) is 14.7 Å². The lowest BCUT2D eigenvalue weighted by Gasteiger charge is -2.26. The lowest BCUT2D eigenvalue weighted by Crippen LogP contribution is -2.44. The molecule has 0 bridgehead atoms. The molecule has 0 radical (unpaired) electrons. The predicted octanol–water partition coefficient (Wildman–Crippen LogP) is 2.30. The van der Waals surface area contributed by atoms with Crippen molar-refractivity contribution in [2.45, 2.75) is 37.6 Å². The van der Waals surface area contributed by atoms with E-state index in [2.05, 4.69) is 20.5 Å². The summed E-state index contributed by atoms with van der Waals surface area (Å²) in [5.74, 6) is 1.51. The Kier molecular flexibility index (Phi) is 9.73. The molecule has 1 atom stereocenters. The first kappa shape index (κ1) is 23.5. The van der Waals surface area contributed by atoms with Gasteiger partial charge in [0, 0.05) is 46.5 Å². The molecule has 1 fully saturated rings. The Morgan fingerprint density at radius 2 is 2.14 bits per heavy atom. The molecule has 1 aliphatic rings. The van der Waals surface area contributed by atoms with E-state index in [1.165, 1.54) is 6.07 Å². The van der Waals surface area contributed by atoms with Gasteiger partial charge < -0.3 is 15.5 Å². The molecular formula is C21H34FN5OS. The van der Waals surface area contributed by atoms with Crippen molar-refractivity contribution >= 4 is 23.6 Å². The second kappa shape index (κ2) is 12.0. The first-order chi connectivity index (χ1) is 14.0. The Hall–Kier alpha value is -1.80. The number of nitrogens with zero attached hydrogens (tertiary/aromatic N) is 3. The standard InChI is InChI=1S/C21H34FN5OS/c1-23-21(25-14-16-8-9-18(22)13-17(16)15-29-4)24-10-6-12-27-11-5-7-19(27)20(28)26(2)3/h8-9,13,19H,5-7,10-12,14-15H2,1-4H3,(H2,23,24,25). The second-order valence-corrected chi connectivity index (χ2v) is 8.34. The normalized spacial score (nSPS) is 17.4. The lowest BCUT2D eigenvalue weighted by molar-refractivity contribution is -0.133. The smallest absolute Gasteiger partial charge is 0.239 e. The minimum Gasteiger partial charge on any atom is -0.356 e. The van der Waals surface area contributed by atoms with E-state index in [4.69, 9.17) is 0 Å². The van der Waals surface area contributed by atoms with Crippen LogP contribution < -0.4 is 10.6 Å². The van der Waals surface area contributed by atoms with Gasteiger partial charge in [-0.25, -0.2) is 4.39 Å². The van der Waals surface area contributed by atoms with E-state index in [0.29, 0.717) is 6.54 Å². The van der Waals surface area contributed by atoms with Gasteiger partial charge in [-0.05, 0) is 55.3 Å². The highest BCUT2D eigenvalue weighted by Gasteiger charge is 2.30. The van der Waals surface area contributed by atoms with E-state index in [0.717, 1.165) is 61.7 Å². The van der Waals surface area contributed by atoms with Gasteiger partial charge in [-0.1, -0.05) is 6.07 Å². The number of halogens is 1. The number of aliphatic imine (C=N–C) groups is 1. The Bertz CT molecular complexity index is 698. The molecule has 0 aromatic heterocycles. The van der Waals surface area contributed by atoms with Crippen molar-refractivity contribution in [3.63, 3.8) is 0 Å². The molecule has 1 aliphatic heterocycles. The number of rotatable bonds is 9. The van der Waals surface area contributed by atoms with E-state index < -0.39 is 0 Å². The summed E-state index contributed by atoms with van der Waals surface area (Å²) < 4.78 is 13.5. The fraction of sp³-hybridized carbons (Fsp3) is 0.619. The molecule has 0 aliphatic carbocycles. The van der Waals surface area contributed by atoms with Gasteiger partial charge in [-0.15, -0.1) is 0 Å². The molecule has 29 heavy (non-hydrogen) atoms. The van der Waals surface area contributed by atoms with Crippen LogP contribution in [0, 0.1) is 5.82 Å². The minimum atomic E-state index is -0.201. The summed E-state index contributed by atoms with van der Waals surface area (Å²) in [6, 6.07) is 4.95. The number of guanidine groups is 1. The Morgan fingerprint density at radius 1 is 1.34 bits per heavy atom. The van der Waals surface area contributed by atoms with Gasteiger partial charge >= 0.3 is 0 Å². The van der Waals surface area contributed by atoms with Gasteiger partial charge in [0.1, 0.15) is 5.82 Å². The summed E-state index contributed by atoms with van der Waals surface area (Å²) >= 11 is 1.68. The van der Waals surface area contributed by atoms with E-state index in [1.807, 2.05) is 26.4 Å². The average molecular weight is 424 g/mol. The molecule has 1 aromatic rings. The van der Waals surface area contributed by atoms with E-state index in [-0.39, 0.29) is 17.8 Å². The third-order valence-electron chi connectivity index (χ3n) is 5.14. The topological polar surface area (TPSA) is 60.0 Å². The molecule has 1 saturated heterocycles. The van der Waals surface area contributed by atoms with E-state index >= 15 is 0 Å². The van der Waals surface area contributed by atoms with Gasteiger partial charge in [0.05, 0.1) is 6.04 Å². The van der Waals surface area contributed by atoms with Crippen LogP contribution in [0.4, 0.5) is 4.39 Å². The number of benzene rings is 1. The lowest BCUT2D eigenvalue weighted by atomic mass is 10.1. The maximum atomic E-state index is 13.5. The molecule has 1 amide bonds. The summed E-state index contributed by atoms with van der Waals surface area (Å²) in [4.78, 5) is 20.5. The van der Waals surface area contributed by atoms with Crippen LogP contribution in [-0.2, 0) is 17.1 Å². The zero-order valence-electron chi connectivity index (χ0n) is 18.0. The summed E-state index contributed by atoms with van der Waals surface area (Å²) in [6.45, 7) is 3.26. The number of carbonyl (C=O) groups excluding carboxylic acids is 1. The first-order valence-corrected chi connectivity index (χ1v) is 11.5. The number of thioether (sulfide) groups is 1. The summed E-state index contributed by atoms with van der Waals surface area (Å²) in [5.41, 5.74) is 2.08. The maximum Gasteiger partial charge on any atom is 0.239 e. The number of hydrogen-bond acceptors (Lipinski definition) is 4. The Balaban J connectivity index is 1.76. The summed E-state index contributed by atoms with van der Waals surface area (Å²) in [6.07, 6.45) is 4.98. The summed E-state index contributed by atoms with van der Waals surface area (Å²) in [5, 5.41) is 6.64. The van der Waals surface area contributed by atoms with Crippen molar-refractivity contribution in [2.75, 3.05) is 47.0 Å². The molecule has 1 heterocycles. The molecule has 162 valence electrons. The highest BCUT2D eigenvalue weighted by Crippen LogP contribution is 2.19. The number of nitrogens with one attached hydrogen (secondary N) is 2. The Morgan fingerprint density at radius 3 is 2.83 bits per heavy atom. The monoisotopic (exact) mass is 423 g/mol. The number of likely N-dealkylation sites (tertiary alicyclic amines) is 1. The van der Waals surface area contributed by atoms with E-state index in [9.17, 15) is 9.18 Å². The number of amides is 1. The molecule has 8 heteroatoms. The third kappa shape index (κ3) is 7.19. The molecular weight excluding hydrogens is 389 g/mol. The number of likely N-dealkylation sites (N-methyl/N-ethyl adjacent to an activating group) is 1. The third-order valence-corrected chi connectivity index (χ3v) is 5.74. The van der Waals surface area contributed by atoms with Crippen molar-refractivity contribution in [3.05, 3.63) is 35.1 Å². The van der Waals surface area contributed by atoms with Crippen LogP contribution in [-0.4, -0.2) is 74.7 Å². The molecule has 6 nitrogen and oxygen atoms in total. The SMILES string of the molecule is CN=C(NCCCN1CCCC1C(=O)N(C)C)NCc1ccc(F)cc1CSC. The molecule has 2 rings (SSSR count). The fourth-order valence-electron chi connectivity index (χ4n) is 3.62. The van der Waals surface area contributed by atoms with Gasteiger partial charge in [0.25, 0.3) is 0 Å². The minimum absolute atomic E-state index is 0.0239. The van der Waals surface area contributed by atoms with Crippen LogP contribution >= 0.6 is 11.8 Å². The van der Waals surface area contributed by atoms with Crippen molar-refractivity contribution < 1.29 is 9.18 Å². The zero-order chi connectivity index (χ0) is 21.2. The predicted molar refractivity (Wildman–Crippen MR) is 120 cm³/mol.